The number of hydrogen-bond donors (Lipinski definition) is 4. The van der Waals surface area contributed by atoms with Crippen LogP contribution in [0.25, 0.3) is 33.6 Å². The van der Waals surface area contributed by atoms with Gasteiger partial charge in [-0.15, -0.1) is 24.8 Å². The number of likely N-dealkylation sites (tertiary alicyclic amines) is 2. The number of imidazole rings is 2. The number of H-pyrrole nitrogens is 2. The molecule has 1 unspecified atom stereocenters. The summed E-state index contributed by atoms with van der Waals surface area (Å²) in [6.45, 7) is 8.66. The number of likely N-dealkylation sites (N-methyl/N-ethyl adjacent to an activating group) is 1. The van der Waals surface area contributed by atoms with Crippen LogP contribution in [0.3, 0.4) is 0 Å². The highest BCUT2D eigenvalue weighted by Crippen LogP contribution is 2.35. The van der Waals surface area contributed by atoms with Crippen LogP contribution in [-0.4, -0.2) is 103 Å². The van der Waals surface area contributed by atoms with Gasteiger partial charge in [-0.1, -0.05) is 76.2 Å². The molecule has 14 nitrogen and oxygen atoms in total. The van der Waals surface area contributed by atoms with Crippen molar-refractivity contribution in [1.29, 1.82) is 0 Å². The molecule has 2 aliphatic heterocycles. The molecule has 4 heterocycles. The fourth-order valence-corrected chi connectivity index (χ4v) is 7.68. The van der Waals surface area contributed by atoms with Crippen LogP contribution in [-0.2, 0) is 14.3 Å². The molecule has 4 aromatic rings. The Morgan fingerprint density at radius 3 is 1.57 bits per heavy atom. The molecule has 2 fully saturated rings. The highest BCUT2D eigenvalue weighted by atomic mass is 35.5. The number of rotatable bonds is 11. The lowest BCUT2D eigenvalue weighted by atomic mass is 10.0. The Morgan fingerprint density at radius 2 is 1.18 bits per heavy atom. The molecule has 2 aromatic carbocycles. The molecule has 0 radical (unpaired) electrons. The molecule has 4 N–H and O–H groups in total. The molecular formula is C40H52Cl2N8O6. The number of aromatic nitrogens is 4. The summed E-state index contributed by atoms with van der Waals surface area (Å²) < 4.78 is 4.75. The fraction of sp³-hybridized carbons (Fsp3) is 0.450. The van der Waals surface area contributed by atoms with Crippen LogP contribution in [0.1, 0.15) is 77.1 Å². The summed E-state index contributed by atoms with van der Waals surface area (Å²) in [6, 6.07) is 14.5. The lowest BCUT2D eigenvalue weighted by Crippen LogP contribution is -2.51. The number of nitrogens with zero attached hydrogens (tertiary/aromatic N) is 5. The number of ether oxygens (including phenoxy) is 1. The summed E-state index contributed by atoms with van der Waals surface area (Å²) in [5.41, 5.74) is 5.71. The number of carbonyl (C=O) groups is 4. The molecule has 2 saturated heterocycles. The number of amides is 4. The highest BCUT2D eigenvalue weighted by molar-refractivity contribution is 5.87. The van der Waals surface area contributed by atoms with E-state index >= 15 is 0 Å². The van der Waals surface area contributed by atoms with Crippen LogP contribution >= 0.6 is 24.8 Å². The van der Waals surface area contributed by atoms with Gasteiger partial charge in [-0.2, -0.15) is 0 Å². The second-order valence-electron chi connectivity index (χ2n) is 14.8. The molecule has 16 heteroatoms. The lowest BCUT2D eigenvalue weighted by Gasteiger charge is -2.33. The van der Waals surface area contributed by atoms with Gasteiger partial charge in [0.25, 0.3) is 0 Å². The molecule has 302 valence electrons. The van der Waals surface area contributed by atoms with Crippen molar-refractivity contribution in [2.75, 3.05) is 27.2 Å². The molecule has 2 aliphatic rings. The Balaban J connectivity index is 0.00000348. The number of aromatic amines is 2. The topological polar surface area (TPSA) is 177 Å². The van der Waals surface area contributed by atoms with Crippen molar-refractivity contribution in [2.45, 2.75) is 77.5 Å². The van der Waals surface area contributed by atoms with Crippen LogP contribution in [0, 0.1) is 11.8 Å². The third-order valence-electron chi connectivity index (χ3n) is 10.6. The number of carboxylic acid groups (broad SMARTS) is 1. The van der Waals surface area contributed by atoms with Crippen LogP contribution in [0.4, 0.5) is 9.59 Å². The number of carbonyl (C=O) groups excluding carboxylic acids is 3. The van der Waals surface area contributed by atoms with Crippen molar-refractivity contribution in [3.05, 3.63) is 72.6 Å². The predicted octanol–water partition coefficient (Wildman–Crippen LogP) is 7.32. The van der Waals surface area contributed by atoms with Gasteiger partial charge in [0.2, 0.25) is 11.8 Å². The molecule has 0 saturated carbocycles. The number of nitrogens with one attached hydrogen (secondary N) is 3. The van der Waals surface area contributed by atoms with Crippen LogP contribution in [0.15, 0.2) is 60.9 Å². The van der Waals surface area contributed by atoms with Gasteiger partial charge >= 0.3 is 12.2 Å². The molecule has 4 amide bonds. The first-order valence-corrected chi connectivity index (χ1v) is 18.6. The van der Waals surface area contributed by atoms with E-state index in [4.69, 9.17) is 4.74 Å². The van der Waals surface area contributed by atoms with Gasteiger partial charge in [0.05, 0.1) is 43.0 Å². The Morgan fingerprint density at radius 1 is 0.750 bits per heavy atom. The number of halogens is 2. The molecule has 0 spiro atoms. The second-order valence-corrected chi connectivity index (χ2v) is 14.8. The molecule has 4 atom stereocenters. The van der Waals surface area contributed by atoms with E-state index in [9.17, 15) is 24.3 Å². The van der Waals surface area contributed by atoms with E-state index in [2.05, 4.69) is 49.5 Å². The second kappa shape index (κ2) is 18.7. The Bertz CT molecular complexity index is 1970. The third kappa shape index (κ3) is 9.13. The van der Waals surface area contributed by atoms with Gasteiger partial charge in [0.1, 0.15) is 23.7 Å². The predicted molar refractivity (Wildman–Crippen MR) is 217 cm³/mol. The largest absolute Gasteiger partial charge is 0.465 e. The Kier molecular flexibility index (Phi) is 14.6. The van der Waals surface area contributed by atoms with Crippen molar-refractivity contribution in [2.24, 2.45) is 11.8 Å². The maximum atomic E-state index is 13.6. The summed E-state index contributed by atoms with van der Waals surface area (Å²) in [4.78, 5) is 71.6. The first-order valence-electron chi connectivity index (χ1n) is 18.6. The van der Waals surface area contributed by atoms with Gasteiger partial charge in [-0.05, 0) is 59.8 Å². The molecule has 0 aliphatic carbocycles. The molecule has 6 rings (SSSR count). The standard InChI is InChI=1S/C40H50N8O6.2ClH/c1-23(2)33(45-39(51)54-6)37(49)47-19-7-9-31(47)35-41-21-29(43-35)27-15-11-25(12-16-27)26-13-17-28(18-14-26)30-22-42-36(44-30)32-10-8-20-48(32)38(50)34(24(3)4)46(5)40(52)53;;/h11-18,21-24,31-34H,7-10,19-20H2,1-6H3,(H,41,43)(H,42,44)(H,45,51)(H,52,53);2*1H/t31?,32-,33-,34-;;/m0../s1. The first kappa shape index (κ1) is 43.6. The zero-order valence-corrected chi connectivity index (χ0v) is 34.2. The molecule has 2 aromatic heterocycles. The maximum Gasteiger partial charge on any atom is 0.407 e. The van der Waals surface area contributed by atoms with E-state index < -0.39 is 24.3 Å². The minimum absolute atomic E-state index is 0. The average molecular weight is 812 g/mol. The zero-order chi connectivity index (χ0) is 38.7. The number of benzene rings is 2. The lowest BCUT2D eigenvalue weighted by molar-refractivity contribution is -0.138. The Labute approximate surface area is 339 Å². The summed E-state index contributed by atoms with van der Waals surface area (Å²) in [7, 11) is 2.73. The Hall–Kier alpha value is -5.08. The van der Waals surface area contributed by atoms with Gasteiger partial charge in [-0.3, -0.25) is 14.5 Å². The smallest absolute Gasteiger partial charge is 0.407 e. The number of hydrogen-bond acceptors (Lipinski definition) is 7. The van der Waals surface area contributed by atoms with Crippen molar-refractivity contribution in [3.8, 4) is 33.6 Å². The molecular weight excluding hydrogens is 759 g/mol. The third-order valence-corrected chi connectivity index (χ3v) is 10.6. The van der Waals surface area contributed by atoms with Crippen LogP contribution in [0.5, 0.6) is 0 Å². The van der Waals surface area contributed by atoms with Crippen molar-refractivity contribution >= 4 is 48.8 Å². The van der Waals surface area contributed by atoms with E-state index in [1.54, 1.807) is 22.2 Å². The minimum atomic E-state index is -1.13. The average Bonchev–Trinajstić information content (AvgIpc) is 4.00. The van der Waals surface area contributed by atoms with Crippen LogP contribution in [0.2, 0.25) is 0 Å². The molecule has 56 heavy (non-hydrogen) atoms. The maximum absolute atomic E-state index is 13.6. The quantitative estimate of drug-likeness (QED) is 0.122. The van der Waals surface area contributed by atoms with Gasteiger partial charge in [0.15, 0.2) is 0 Å². The summed E-state index contributed by atoms with van der Waals surface area (Å²) in [6.07, 6.45) is 5.02. The molecule has 0 bridgehead atoms. The highest BCUT2D eigenvalue weighted by Gasteiger charge is 2.40. The van der Waals surface area contributed by atoms with E-state index in [1.165, 1.54) is 14.2 Å². The monoisotopic (exact) mass is 810 g/mol. The summed E-state index contributed by atoms with van der Waals surface area (Å²) in [5, 5.41) is 12.3. The zero-order valence-electron chi connectivity index (χ0n) is 32.5. The summed E-state index contributed by atoms with van der Waals surface area (Å²) >= 11 is 0. The van der Waals surface area contributed by atoms with Crippen LogP contribution < -0.4 is 5.32 Å². The number of methoxy groups -OCH3 is 1. The van der Waals surface area contributed by atoms with Gasteiger partial charge in [0, 0.05) is 20.1 Å². The normalized spacial score (nSPS) is 17.6. The number of alkyl carbamates (subject to hydrolysis) is 1. The van der Waals surface area contributed by atoms with E-state index in [-0.39, 0.29) is 60.5 Å². The van der Waals surface area contributed by atoms with Crippen molar-refractivity contribution < 1.29 is 29.0 Å². The van der Waals surface area contributed by atoms with Crippen molar-refractivity contribution in [1.82, 2.24) is 40.0 Å². The minimum Gasteiger partial charge on any atom is -0.465 e. The SMILES string of the molecule is COC(=O)N[C@H](C(=O)N1CCCC1c1ncc(-c2ccc(-c3ccc(-c4cnc([C@@H]5CCCN5C(=O)[C@H](C(C)C)N(C)C(=O)O)[nH]4)cc3)cc2)[nH]1)C(C)C.Cl.Cl. The van der Waals surface area contributed by atoms with Gasteiger partial charge < -0.3 is 34.9 Å². The first-order chi connectivity index (χ1) is 25.9. The fourth-order valence-electron chi connectivity index (χ4n) is 7.68. The van der Waals surface area contributed by atoms with Gasteiger partial charge in [-0.25, -0.2) is 19.6 Å². The van der Waals surface area contributed by atoms with E-state index in [1.807, 2.05) is 52.0 Å². The van der Waals surface area contributed by atoms with Crippen molar-refractivity contribution in [3.63, 3.8) is 0 Å². The summed E-state index contributed by atoms with van der Waals surface area (Å²) in [5.74, 6) is 0.793. The van der Waals surface area contributed by atoms with E-state index in [0.717, 1.165) is 70.0 Å². The van der Waals surface area contributed by atoms with E-state index in [0.29, 0.717) is 18.9 Å².